The monoisotopic (exact) mass is 282 g/mol. The van der Waals surface area contributed by atoms with Crippen molar-refractivity contribution in [3.8, 4) is 0 Å². The Morgan fingerprint density at radius 2 is 2.15 bits per heavy atom. The highest BCUT2D eigenvalue weighted by Gasteiger charge is 2.25. The SMILES string of the molecule is CCC(C)C(NC(=O)NCc1cnn(C)c1C)C(=O)O. The summed E-state index contributed by atoms with van der Waals surface area (Å²) >= 11 is 0. The number of carboxylic acids is 1. The smallest absolute Gasteiger partial charge is 0.326 e. The zero-order valence-electron chi connectivity index (χ0n) is 12.3. The number of carboxylic acid groups (broad SMARTS) is 1. The second-order valence-electron chi connectivity index (χ2n) is 4.91. The van der Waals surface area contributed by atoms with Crippen LogP contribution in [0.2, 0.25) is 0 Å². The van der Waals surface area contributed by atoms with Crippen molar-refractivity contribution in [1.82, 2.24) is 20.4 Å². The molecule has 0 fully saturated rings. The molecule has 0 radical (unpaired) electrons. The lowest BCUT2D eigenvalue weighted by Gasteiger charge is -2.20. The van der Waals surface area contributed by atoms with Crippen LogP contribution in [0, 0.1) is 12.8 Å². The van der Waals surface area contributed by atoms with E-state index in [9.17, 15) is 9.59 Å². The Balaban J connectivity index is 2.54. The van der Waals surface area contributed by atoms with Crippen LogP contribution in [-0.4, -0.2) is 32.9 Å². The lowest BCUT2D eigenvalue weighted by atomic mass is 9.99. The Morgan fingerprint density at radius 1 is 1.50 bits per heavy atom. The Bertz CT molecular complexity index is 484. The molecular formula is C13H22N4O3. The molecule has 2 amide bonds. The molecule has 3 N–H and O–H groups in total. The van der Waals surface area contributed by atoms with Crippen LogP contribution in [0.1, 0.15) is 31.5 Å². The van der Waals surface area contributed by atoms with Gasteiger partial charge in [-0.25, -0.2) is 9.59 Å². The summed E-state index contributed by atoms with van der Waals surface area (Å²) < 4.78 is 1.72. The molecule has 1 heterocycles. The summed E-state index contributed by atoms with van der Waals surface area (Å²) in [5.74, 6) is -1.15. The maximum Gasteiger partial charge on any atom is 0.326 e. The molecule has 1 aromatic heterocycles. The fourth-order valence-corrected chi connectivity index (χ4v) is 1.77. The van der Waals surface area contributed by atoms with E-state index < -0.39 is 18.0 Å². The minimum absolute atomic E-state index is 0.127. The normalized spacial score (nSPS) is 13.6. The molecule has 0 aromatic carbocycles. The van der Waals surface area contributed by atoms with E-state index >= 15 is 0 Å². The molecule has 0 aliphatic heterocycles. The number of urea groups is 1. The molecule has 0 saturated heterocycles. The van der Waals surface area contributed by atoms with E-state index in [-0.39, 0.29) is 5.92 Å². The van der Waals surface area contributed by atoms with Crippen LogP contribution in [-0.2, 0) is 18.4 Å². The van der Waals surface area contributed by atoms with Crippen LogP contribution in [0.15, 0.2) is 6.20 Å². The Kier molecular flexibility index (Phi) is 5.54. The Hall–Kier alpha value is -2.05. The summed E-state index contributed by atoms with van der Waals surface area (Å²) in [6.07, 6.45) is 2.36. The van der Waals surface area contributed by atoms with Crippen LogP contribution in [0.4, 0.5) is 4.79 Å². The third kappa shape index (κ3) is 3.97. The van der Waals surface area contributed by atoms with Gasteiger partial charge >= 0.3 is 12.0 Å². The number of carbonyl (C=O) groups excluding carboxylic acids is 1. The van der Waals surface area contributed by atoms with Crippen molar-refractivity contribution in [3.63, 3.8) is 0 Å². The molecular weight excluding hydrogens is 260 g/mol. The van der Waals surface area contributed by atoms with Gasteiger partial charge in [-0.1, -0.05) is 20.3 Å². The highest BCUT2D eigenvalue weighted by atomic mass is 16.4. The van der Waals surface area contributed by atoms with Crippen molar-refractivity contribution in [2.24, 2.45) is 13.0 Å². The first-order valence-electron chi connectivity index (χ1n) is 6.61. The molecule has 7 heteroatoms. The lowest BCUT2D eigenvalue weighted by Crippen LogP contribution is -2.48. The topological polar surface area (TPSA) is 96.3 Å². The van der Waals surface area contributed by atoms with E-state index in [1.54, 1.807) is 17.8 Å². The maximum absolute atomic E-state index is 11.8. The summed E-state index contributed by atoms with van der Waals surface area (Å²) in [6, 6.07) is -1.36. The van der Waals surface area contributed by atoms with Crippen LogP contribution in [0.3, 0.4) is 0 Å². The molecule has 1 rings (SSSR count). The van der Waals surface area contributed by atoms with Gasteiger partial charge in [0.25, 0.3) is 0 Å². The number of nitrogens with zero attached hydrogens (tertiary/aromatic N) is 2. The van der Waals surface area contributed by atoms with Gasteiger partial charge in [-0.05, 0) is 12.8 Å². The zero-order chi connectivity index (χ0) is 15.3. The third-order valence-electron chi connectivity index (χ3n) is 3.54. The Morgan fingerprint density at radius 3 is 2.60 bits per heavy atom. The first-order valence-corrected chi connectivity index (χ1v) is 6.61. The average molecular weight is 282 g/mol. The van der Waals surface area contributed by atoms with Gasteiger partial charge in [0.2, 0.25) is 0 Å². The van der Waals surface area contributed by atoms with Gasteiger partial charge in [-0.3, -0.25) is 4.68 Å². The number of aromatic nitrogens is 2. The molecule has 0 saturated carbocycles. The molecule has 2 atom stereocenters. The first kappa shape index (κ1) is 16.0. The minimum atomic E-state index is -1.02. The van der Waals surface area contributed by atoms with Crippen LogP contribution < -0.4 is 10.6 Å². The third-order valence-corrected chi connectivity index (χ3v) is 3.54. The second-order valence-corrected chi connectivity index (χ2v) is 4.91. The summed E-state index contributed by atoms with van der Waals surface area (Å²) in [5.41, 5.74) is 1.86. The Labute approximate surface area is 118 Å². The maximum atomic E-state index is 11.8. The molecule has 20 heavy (non-hydrogen) atoms. The van der Waals surface area contributed by atoms with Crippen LogP contribution >= 0.6 is 0 Å². The molecule has 112 valence electrons. The predicted octanol–water partition coefficient (Wildman–Crippen LogP) is 1.03. The van der Waals surface area contributed by atoms with E-state index in [0.717, 1.165) is 11.3 Å². The number of rotatable bonds is 6. The molecule has 0 spiro atoms. The number of nitrogens with one attached hydrogen (secondary N) is 2. The van der Waals surface area contributed by atoms with E-state index in [1.165, 1.54) is 0 Å². The molecule has 1 aromatic rings. The van der Waals surface area contributed by atoms with Gasteiger partial charge in [0.1, 0.15) is 6.04 Å². The van der Waals surface area contributed by atoms with Crippen molar-refractivity contribution < 1.29 is 14.7 Å². The first-order chi connectivity index (χ1) is 9.36. The van der Waals surface area contributed by atoms with Gasteiger partial charge in [-0.15, -0.1) is 0 Å². The quantitative estimate of drug-likeness (QED) is 0.726. The van der Waals surface area contributed by atoms with E-state index in [0.29, 0.717) is 13.0 Å². The van der Waals surface area contributed by atoms with Gasteiger partial charge in [0, 0.05) is 24.8 Å². The highest BCUT2D eigenvalue weighted by Crippen LogP contribution is 2.08. The van der Waals surface area contributed by atoms with Crippen molar-refractivity contribution >= 4 is 12.0 Å². The van der Waals surface area contributed by atoms with Gasteiger partial charge in [0.15, 0.2) is 0 Å². The van der Waals surface area contributed by atoms with E-state index in [2.05, 4.69) is 15.7 Å². The lowest BCUT2D eigenvalue weighted by molar-refractivity contribution is -0.140. The number of hydrogen-bond acceptors (Lipinski definition) is 3. The standard InChI is InChI=1S/C13H22N4O3/c1-5-8(2)11(12(18)19)16-13(20)14-6-10-7-15-17(4)9(10)3/h7-8,11H,5-6H2,1-4H3,(H,18,19)(H2,14,16,20). The number of carbonyl (C=O) groups is 2. The zero-order valence-corrected chi connectivity index (χ0v) is 12.3. The predicted molar refractivity (Wildman–Crippen MR) is 74.2 cm³/mol. The molecule has 0 aliphatic rings. The van der Waals surface area contributed by atoms with E-state index in [1.807, 2.05) is 20.9 Å². The van der Waals surface area contributed by atoms with E-state index in [4.69, 9.17) is 5.11 Å². The molecule has 0 aliphatic carbocycles. The number of aliphatic carboxylic acids is 1. The molecule has 7 nitrogen and oxygen atoms in total. The summed E-state index contributed by atoms with van der Waals surface area (Å²) in [6.45, 7) is 5.91. The van der Waals surface area contributed by atoms with Crippen LogP contribution in [0.25, 0.3) is 0 Å². The fourth-order valence-electron chi connectivity index (χ4n) is 1.77. The largest absolute Gasteiger partial charge is 0.480 e. The van der Waals surface area contributed by atoms with Crippen molar-refractivity contribution in [2.45, 2.75) is 39.8 Å². The number of amides is 2. The van der Waals surface area contributed by atoms with Crippen LogP contribution in [0.5, 0.6) is 0 Å². The molecule has 0 bridgehead atoms. The number of hydrogen-bond donors (Lipinski definition) is 3. The van der Waals surface area contributed by atoms with Gasteiger partial charge < -0.3 is 15.7 Å². The van der Waals surface area contributed by atoms with Gasteiger partial charge in [-0.2, -0.15) is 5.10 Å². The molecule has 2 unspecified atom stereocenters. The number of aryl methyl sites for hydroxylation is 1. The summed E-state index contributed by atoms with van der Waals surface area (Å²) in [7, 11) is 1.82. The highest BCUT2D eigenvalue weighted by molar-refractivity contribution is 5.82. The minimum Gasteiger partial charge on any atom is -0.480 e. The van der Waals surface area contributed by atoms with Gasteiger partial charge in [0.05, 0.1) is 6.20 Å². The van der Waals surface area contributed by atoms with Crippen molar-refractivity contribution in [3.05, 3.63) is 17.5 Å². The summed E-state index contributed by atoms with van der Waals surface area (Å²) in [4.78, 5) is 22.9. The second kappa shape index (κ2) is 6.93. The van der Waals surface area contributed by atoms with Crippen molar-refractivity contribution in [1.29, 1.82) is 0 Å². The average Bonchev–Trinajstić information content (AvgIpc) is 2.72. The fraction of sp³-hybridized carbons (Fsp3) is 0.615. The van der Waals surface area contributed by atoms with Crippen molar-refractivity contribution in [2.75, 3.05) is 0 Å². The summed E-state index contributed by atoms with van der Waals surface area (Å²) in [5, 5.41) is 18.3.